The number of amides is 1. The number of likely N-dealkylation sites (tertiary alicyclic amines) is 1. The van der Waals surface area contributed by atoms with Crippen LogP contribution in [0.5, 0.6) is 0 Å². The van der Waals surface area contributed by atoms with E-state index in [-0.39, 0.29) is 5.91 Å². The zero-order chi connectivity index (χ0) is 14.4. The lowest BCUT2D eigenvalue weighted by Crippen LogP contribution is -2.39. The first-order valence-electron chi connectivity index (χ1n) is 7.06. The van der Waals surface area contributed by atoms with Crippen molar-refractivity contribution in [2.75, 3.05) is 38.7 Å². The quantitative estimate of drug-likeness (QED) is 0.825. The lowest BCUT2D eigenvalue weighted by atomic mass is 10.00. The van der Waals surface area contributed by atoms with Gasteiger partial charge >= 0.3 is 0 Å². The molecule has 1 unspecified atom stereocenters. The molecule has 0 bridgehead atoms. The van der Waals surface area contributed by atoms with Gasteiger partial charge in [-0.3, -0.25) is 4.79 Å². The standard InChI is InChI=1S/C14H22N4O2/c1-11-4-3-8-18(10-11)14(19)12-5-6-13(17-16-12)15-7-9-20-2/h5-6,11H,3-4,7-10H2,1-2H3,(H,15,17). The minimum atomic E-state index is -0.0208. The van der Waals surface area contributed by atoms with Gasteiger partial charge in [-0.2, -0.15) is 0 Å². The SMILES string of the molecule is COCCNc1ccc(C(=O)N2CCCC(C)C2)nn1. The van der Waals surface area contributed by atoms with Gasteiger partial charge in [0.25, 0.3) is 5.91 Å². The lowest BCUT2D eigenvalue weighted by molar-refractivity contribution is 0.0676. The first kappa shape index (κ1) is 14.7. The fraction of sp³-hybridized carbons (Fsp3) is 0.643. The zero-order valence-electron chi connectivity index (χ0n) is 12.1. The number of ether oxygens (including phenoxy) is 1. The fourth-order valence-corrected chi connectivity index (χ4v) is 2.36. The van der Waals surface area contributed by atoms with E-state index in [1.54, 1.807) is 19.2 Å². The molecule has 1 aromatic rings. The summed E-state index contributed by atoms with van der Waals surface area (Å²) in [6.45, 7) is 5.08. The number of nitrogens with one attached hydrogen (secondary N) is 1. The highest BCUT2D eigenvalue weighted by Crippen LogP contribution is 2.17. The fourth-order valence-electron chi connectivity index (χ4n) is 2.36. The van der Waals surface area contributed by atoms with Crippen molar-refractivity contribution in [3.63, 3.8) is 0 Å². The molecule has 2 heterocycles. The molecule has 1 saturated heterocycles. The maximum atomic E-state index is 12.3. The molecule has 110 valence electrons. The highest BCUT2D eigenvalue weighted by molar-refractivity contribution is 5.92. The summed E-state index contributed by atoms with van der Waals surface area (Å²) in [5.41, 5.74) is 0.413. The molecule has 0 spiro atoms. The number of aromatic nitrogens is 2. The largest absolute Gasteiger partial charge is 0.383 e. The number of methoxy groups -OCH3 is 1. The number of hydrogen-bond donors (Lipinski definition) is 1. The monoisotopic (exact) mass is 278 g/mol. The van der Waals surface area contributed by atoms with Crippen LogP contribution < -0.4 is 5.32 Å². The minimum absolute atomic E-state index is 0.0208. The molecule has 1 amide bonds. The van der Waals surface area contributed by atoms with Gasteiger partial charge in [0.15, 0.2) is 5.69 Å². The van der Waals surface area contributed by atoms with E-state index in [4.69, 9.17) is 4.74 Å². The van der Waals surface area contributed by atoms with Crippen LogP contribution in [-0.2, 0) is 4.74 Å². The average Bonchev–Trinajstić information content (AvgIpc) is 2.47. The highest BCUT2D eigenvalue weighted by atomic mass is 16.5. The second-order valence-corrected chi connectivity index (χ2v) is 5.22. The normalized spacial score (nSPS) is 18.9. The van der Waals surface area contributed by atoms with Crippen LogP contribution in [0.1, 0.15) is 30.3 Å². The Kier molecular flexibility index (Phi) is 5.29. The molecule has 0 radical (unpaired) electrons. The van der Waals surface area contributed by atoms with Crippen LogP contribution in [0.2, 0.25) is 0 Å². The Labute approximate surface area is 119 Å². The minimum Gasteiger partial charge on any atom is -0.383 e. The van der Waals surface area contributed by atoms with Gasteiger partial charge in [0, 0.05) is 26.7 Å². The van der Waals surface area contributed by atoms with Crippen molar-refractivity contribution < 1.29 is 9.53 Å². The summed E-state index contributed by atoms with van der Waals surface area (Å²) in [5, 5.41) is 11.1. The van der Waals surface area contributed by atoms with E-state index in [0.29, 0.717) is 30.6 Å². The summed E-state index contributed by atoms with van der Waals surface area (Å²) in [4.78, 5) is 14.2. The Balaban J connectivity index is 1.93. The van der Waals surface area contributed by atoms with Gasteiger partial charge in [-0.1, -0.05) is 6.92 Å². The molecular formula is C14H22N4O2. The number of carbonyl (C=O) groups excluding carboxylic acids is 1. The molecule has 2 rings (SSSR count). The molecule has 0 aliphatic carbocycles. The topological polar surface area (TPSA) is 67.3 Å². The summed E-state index contributed by atoms with van der Waals surface area (Å²) in [7, 11) is 1.65. The second kappa shape index (κ2) is 7.19. The summed E-state index contributed by atoms with van der Waals surface area (Å²) in [6, 6.07) is 3.51. The molecule has 0 saturated carbocycles. The van der Waals surface area contributed by atoms with Crippen molar-refractivity contribution in [1.82, 2.24) is 15.1 Å². The lowest BCUT2D eigenvalue weighted by Gasteiger charge is -2.30. The smallest absolute Gasteiger partial charge is 0.274 e. The number of piperidine rings is 1. The molecule has 0 aromatic carbocycles. The van der Waals surface area contributed by atoms with Crippen LogP contribution in [-0.4, -0.2) is 54.4 Å². The molecule has 1 aliphatic heterocycles. The molecule has 1 fully saturated rings. The Morgan fingerprint density at radius 1 is 1.50 bits per heavy atom. The van der Waals surface area contributed by atoms with Crippen LogP contribution in [0, 0.1) is 5.92 Å². The van der Waals surface area contributed by atoms with E-state index in [1.807, 2.05) is 4.90 Å². The molecule has 1 aromatic heterocycles. The van der Waals surface area contributed by atoms with Crippen LogP contribution in [0.25, 0.3) is 0 Å². The van der Waals surface area contributed by atoms with Crippen molar-refractivity contribution in [3.05, 3.63) is 17.8 Å². The van der Waals surface area contributed by atoms with Crippen molar-refractivity contribution in [2.24, 2.45) is 5.92 Å². The maximum Gasteiger partial charge on any atom is 0.274 e. The third-order valence-corrected chi connectivity index (χ3v) is 3.44. The van der Waals surface area contributed by atoms with Gasteiger partial charge in [0.1, 0.15) is 5.82 Å². The van der Waals surface area contributed by atoms with E-state index in [1.165, 1.54) is 6.42 Å². The molecular weight excluding hydrogens is 256 g/mol. The number of anilines is 1. The molecule has 1 N–H and O–H groups in total. The average molecular weight is 278 g/mol. The third kappa shape index (κ3) is 3.90. The van der Waals surface area contributed by atoms with Gasteiger partial charge in [0.2, 0.25) is 0 Å². The first-order valence-corrected chi connectivity index (χ1v) is 7.06. The predicted octanol–water partition coefficient (Wildman–Crippen LogP) is 1.41. The molecule has 20 heavy (non-hydrogen) atoms. The number of hydrogen-bond acceptors (Lipinski definition) is 5. The van der Waals surface area contributed by atoms with Crippen molar-refractivity contribution in [3.8, 4) is 0 Å². The van der Waals surface area contributed by atoms with Gasteiger partial charge in [-0.15, -0.1) is 10.2 Å². The third-order valence-electron chi connectivity index (χ3n) is 3.44. The second-order valence-electron chi connectivity index (χ2n) is 5.22. The van der Waals surface area contributed by atoms with Gasteiger partial charge in [0.05, 0.1) is 6.61 Å². The summed E-state index contributed by atoms with van der Waals surface area (Å²) < 4.78 is 4.94. The van der Waals surface area contributed by atoms with Gasteiger partial charge in [-0.25, -0.2) is 0 Å². The zero-order valence-corrected chi connectivity index (χ0v) is 12.1. The Bertz CT molecular complexity index is 435. The van der Waals surface area contributed by atoms with Crippen LogP contribution in [0.4, 0.5) is 5.82 Å². The number of rotatable bonds is 5. The molecule has 1 atom stereocenters. The number of carbonyl (C=O) groups is 1. The van der Waals surface area contributed by atoms with Crippen molar-refractivity contribution in [2.45, 2.75) is 19.8 Å². The maximum absolute atomic E-state index is 12.3. The molecule has 1 aliphatic rings. The molecule has 6 heteroatoms. The van der Waals surface area contributed by atoms with Crippen LogP contribution in [0.3, 0.4) is 0 Å². The number of nitrogens with zero attached hydrogens (tertiary/aromatic N) is 3. The van der Waals surface area contributed by atoms with Crippen LogP contribution >= 0.6 is 0 Å². The Morgan fingerprint density at radius 2 is 2.35 bits per heavy atom. The summed E-state index contributed by atoms with van der Waals surface area (Å²) in [6.07, 6.45) is 2.26. The highest BCUT2D eigenvalue weighted by Gasteiger charge is 2.23. The van der Waals surface area contributed by atoms with Gasteiger partial charge in [-0.05, 0) is 30.9 Å². The summed E-state index contributed by atoms with van der Waals surface area (Å²) >= 11 is 0. The van der Waals surface area contributed by atoms with Gasteiger partial charge < -0.3 is 15.0 Å². The Hall–Kier alpha value is -1.69. The van der Waals surface area contributed by atoms with E-state index >= 15 is 0 Å². The van der Waals surface area contributed by atoms with E-state index in [9.17, 15) is 4.79 Å². The molecule has 6 nitrogen and oxygen atoms in total. The van der Waals surface area contributed by atoms with E-state index < -0.39 is 0 Å². The van der Waals surface area contributed by atoms with E-state index in [0.717, 1.165) is 19.5 Å². The van der Waals surface area contributed by atoms with Crippen molar-refractivity contribution in [1.29, 1.82) is 0 Å². The van der Waals surface area contributed by atoms with Crippen LogP contribution in [0.15, 0.2) is 12.1 Å². The predicted molar refractivity (Wildman–Crippen MR) is 76.7 cm³/mol. The van der Waals surface area contributed by atoms with Crippen molar-refractivity contribution >= 4 is 11.7 Å². The first-order chi connectivity index (χ1) is 9.70. The Morgan fingerprint density at radius 3 is 3.00 bits per heavy atom. The summed E-state index contributed by atoms with van der Waals surface area (Å²) in [5.74, 6) is 1.20. The van der Waals surface area contributed by atoms with E-state index in [2.05, 4.69) is 22.4 Å².